The molecule has 1 aliphatic carbocycles. The highest BCUT2D eigenvalue weighted by molar-refractivity contribution is 7.17. The lowest BCUT2D eigenvalue weighted by Crippen LogP contribution is -2.37. The van der Waals surface area contributed by atoms with Gasteiger partial charge in [-0.3, -0.25) is 15.0 Å². The van der Waals surface area contributed by atoms with E-state index in [2.05, 4.69) is 10.7 Å². The van der Waals surface area contributed by atoms with Gasteiger partial charge in [-0.25, -0.2) is 5.01 Å². The zero-order valence-corrected chi connectivity index (χ0v) is 19.4. The fourth-order valence-corrected chi connectivity index (χ4v) is 5.59. The number of amides is 2. The van der Waals surface area contributed by atoms with E-state index in [4.69, 9.17) is 0 Å². The molecule has 5 nitrogen and oxygen atoms in total. The van der Waals surface area contributed by atoms with Crippen LogP contribution in [0, 0.1) is 0 Å². The molecule has 0 bridgehead atoms. The normalized spacial score (nSPS) is 13.5. The number of thiophene rings is 1. The molecule has 0 saturated carbocycles. The maximum Gasteiger partial charge on any atom is 0.268 e. The van der Waals surface area contributed by atoms with Gasteiger partial charge in [0.25, 0.3) is 5.91 Å². The van der Waals surface area contributed by atoms with Gasteiger partial charge in [-0.15, -0.1) is 11.3 Å². The van der Waals surface area contributed by atoms with Crippen molar-refractivity contribution < 1.29 is 9.59 Å². The number of hydrazine groups is 1. The summed E-state index contributed by atoms with van der Waals surface area (Å²) in [5.74, 6) is -0.748. The number of carbonyl (C=O) groups is 2. The van der Waals surface area contributed by atoms with E-state index in [-0.39, 0.29) is 11.8 Å². The highest BCUT2D eigenvalue weighted by Crippen LogP contribution is 2.38. The summed E-state index contributed by atoms with van der Waals surface area (Å²) in [4.78, 5) is 28.0. The number of fused-ring (bicyclic) bond motifs is 1. The molecule has 6 heteroatoms. The third-order valence-corrected chi connectivity index (χ3v) is 6.95. The Labute approximate surface area is 193 Å². The zero-order chi connectivity index (χ0) is 22.5. The van der Waals surface area contributed by atoms with Crippen molar-refractivity contribution in [3.05, 3.63) is 87.8 Å². The average Bonchev–Trinajstić information content (AvgIpc) is 2.95. The summed E-state index contributed by atoms with van der Waals surface area (Å²) >= 11 is 1.56. The number of hydrogen-bond donors (Lipinski definition) is 2. The van der Waals surface area contributed by atoms with E-state index in [1.807, 2.05) is 60.7 Å². The lowest BCUT2D eigenvalue weighted by Gasteiger charge is -2.19. The molecule has 1 heterocycles. The summed E-state index contributed by atoms with van der Waals surface area (Å²) in [6.45, 7) is 0. The van der Waals surface area contributed by atoms with Crippen LogP contribution in [0.1, 0.15) is 57.1 Å². The predicted molar refractivity (Wildman–Crippen MR) is 130 cm³/mol. The van der Waals surface area contributed by atoms with Crippen LogP contribution in [0.2, 0.25) is 0 Å². The van der Waals surface area contributed by atoms with Gasteiger partial charge in [0.05, 0.1) is 11.5 Å². The Balaban J connectivity index is 1.72. The molecule has 2 N–H and O–H groups in total. The molecule has 1 aromatic heterocycles. The molecule has 0 fully saturated rings. The fourth-order valence-electron chi connectivity index (χ4n) is 4.30. The summed E-state index contributed by atoms with van der Waals surface area (Å²) < 4.78 is 0. The maximum absolute atomic E-state index is 13.6. The van der Waals surface area contributed by atoms with Crippen LogP contribution < -0.4 is 10.7 Å². The fraction of sp³-hybridized carbons (Fsp3) is 0.308. The second-order valence-electron chi connectivity index (χ2n) is 8.35. The molecule has 3 aromatic rings. The molecular weight excluding hydrogens is 418 g/mol. The van der Waals surface area contributed by atoms with Gasteiger partial charge >= 0.3 is 0 Å². The first-order valence-electron chi connectivity index (χ1n) is 11.1. The summed E-state index contributed by atoms with van der Waals surface area (Å²) in [6.07, 6.45) is 5.18. The molecular formula is C26H29N3O2S. The first-order valence-corrected chi connectivity index (χ1v) is 11.9. The first kappa shape index (κ1) is 22.2. The van der Waals surface area contributed by atoms with Gasteiger partial charge in [0.15, 0.2) is 0 Å². The quantitative estimate of drug-likeness (QED) is 0.413. The second-order valence-corrected chi connectivity index (χ2v) is 9.45. The summed E-state index contributed by atoms with van der Waals surface area (Å²) in [5.41, 5.74) is 6.44. The van der Waals surface area contributed by atoms with E-state index in [0.717, 1.165) is 42.4 Å². The van der Waals surface area contributed by atoms with Crippen molar-refractivity contribution in [1.29, 1.82) is 0 Å². The summed E-state index contributed by atoms with van der Waals surface area (Å²) in [5, 5.41) is 5.43. The smallest absolute Gasteiger partial charge is 0.268 e. The van der Waals surface area contributed by atoms with Crippen LogP contribution in [0.5, 0.6) is 0 Å². The Morgan fingerprint density at radius 2 is 1.47 bits per heavy atom. The summed E-state index contributed by atoms with van der Waals surface area (Å²) in [7, 11) is 3.59. The Hall–Kier alpha value is -2.96. The first-order chi connectivity index (χ1) is 15.5. The van der Waals surface area contributed by atoms with Crippen molar-refractivity contribution in [2.45, 2.75) is 38.0 Å². The molecule has 0 aliphatic heterocycles. The van der Waals surface area contributed by atoms with E-state index in [1.54, 1.807) is 30.4 Å². The summed E-state index contributed by atoms with van der Waals surface area (Å²) in [6, 6.07) is 19.6. The van der Waals surface area contributed by atoms with Crippen LogP contribution in [-0.4, -0.2) is 30.9 Å². The molecule has 166 valence electrons. The highest BCUT2D eigenvalue weighted by Gasteiger charge is 2.29. The van der Waals surface area contributed by atoms with Crippen LogP contribution in [0.15, 0.2) is 60.7 Å². The molecule has 0 radical (unpaired) electrons. The monoisotopic (exact) mass is 447 g/mol. The molecule has 0 spiro atoms. The molecule has 2 amide bonds. The number of aryl methyl sites for hydroxylation is 1. The minimum Gasteiger partial charge on any atom is -0.316 e. The van der Waals surface area contributed by atoms with Crippen molar-refractivity contribution in [2.24, 2.45) is 0 Å². The van der Waals surface area contributed by atoms with E-state index < -0.39 is 5.92 Å². The van der Waals surface area contributed by atoms with Crippen LogP contribution in [0.25, 0.3) is 0 Å². The molecule has 0 saturated heterocycles. The lowest BCUT2D eigenvalue weighted by molar-refractivity contribution is -0.116. The van der Waals surface area contributed by atoms with Crippen molar-refractivity contribution in [2.75, 3.05) is 19.4 Å². The van der Waals surface area contributed by atoms with Gasteiger partial charge < -0.3 is 5.32 Å². The SMILES string of the molecule is CN(C)NC(=O)c1c(NC(=O)C(c2ccccc2)c2ccccc2)sc2c1CCCCC2. The van der Waals surface area contributed by atoms with Crippen molar-refractivity contribution in [1.82, 2.24) is 10.4 Å². The number of nitrogens with zero attached hydrogens (tertiary/aromatic N) is 1. The van der Waals surface area contributed by atoms with E-state index in [9.17, 15) is 9.59 Å². The number of carbonyl (C=O) groups excluding carboxylic acids is 2. The minimum absolute atomic E-state index is 0.127. The van der Waals surface area contributed by atoms with Crippen molar-refractivity contribution in [3.63, 3.8) is 0 Å². The van der Waals surface area contributed by atoms with Gasteiger partial charge in [-0.05, 0) is 42.4 Å². The van der Waals surface area contributed by atoms with Gasteiger partial charge in [-0.1, -0.05) is 67.1 Å². The molecule has 4 rings (SSSR count). The van der Waals surface area contributed by atoms with Gasteiger partial charge in [0.2, 0.25) is 5.91 Å². The Morgan fingerprint density at radius 3 is 2.06 bits per heavy atom. The highest BCUT2D eigenvalue weighted by atomic mass is 32.1. The molecule has 0 unspecified atom stereocenters. The minimum atomic E-state index is -0.455. The maximum atomic E-state index is 13.6. The molecule has 0 atom stereocenters. The second kappa shape index (κ2) is 10.1. The van der Waals surface area contributed by atoms with E-state index in [1.165, 1.54) is 11.3 Å². The van der Waals surface area contributed by atoms with Gasteiger partial charge in [0.1, 0.15) is 5.00 Å². The van der Waals surface area contributed by atoms with Crippen molar-refractivity contribution in [3.8, 4) is 0 Å². The number of nitrogens with one attached hydrogen (secondary N) is 2. The number of hydrogen-bond acceptors (Lipinski definition) is 4. The van der Waals surface area contributed by atoms with Crippen LogP contribution in [0.3, 0.4) is 0 Å². The lowest BCUT2D eigenvalue weighted by atomic mass is 9.90. The van der Waals surface area contributed by atoms with Gasteiger partial charge in [-0.2, -0.15) is 0 Å². The average molecular weight is 448 g/mol. The predicted octanol–water partition coefficient (Wildman–Crippen LogP) is 4.99. The Morgan fingerprint density at radius 1 is 0.875 bits per heavy atom. The third-order valence-electron chi connectivity index (χ3n) is 5.74. The zero-order valence-electron chi connectivity index (χ0n) is 18.6. The van der Waals surface area contributed by atoms with E-state index in [0.29, 0.717) is 10.6 Å². The Kier molecular flexibility index (Phi) is 7.02. The number of benzene rings is 2. The largest absolute Gasteiger partial charge is 0.316 e. The molecule has 32 heavy (non-hydrogen) atoms. The van der Waals surface area contributed by atoms with Crippen molar-refractivity contribution >= 4 is 28.2 Å². The molecule has 2 aromatic carbocycles. The van der Waals surface area contributed by atoms with Crippen LogP contribution >= 0.6 is 11.3 Å². The number of rotatable bonds is 6. The standard InChI is InChI=1S/C26H29N3O2S/c1-29(2)28-25(31)23-20-16-10-5-11-17-21(20)32-26(23)27-24(30)22(18-12-6-3-7-13-18)19-14-8-4-9-15-19/h3-4,6-9,12-15,22H,5,10-11,16-17H2,1-2H3,(H,27,30)(H,28,31). The van der Waals surface area contributed by atoms with Crippen LogP contribution in [-0.2, 0) is 17.6 Å². The third kappa shape index (κ3) is 4.92. The number of anilines is 1. The van der Waals surface area contributed by atoms with E-state index >= 15 is 0 Å². The molecule has 1 aliphatic rings. The van der Waals surface area contributed by atoms with Gasteiger partial charge in [0, 0.05) is 19.0 Å². The Bertz CT molecular complexity index is 1040. The topological polar surface area (TPSA) is 61.4 Å². The van der Waals surface area contributed by atoms with Crippen LogP contribution in [0.4, 0.5) is 5.00 Å².